The third-order valence-corrected chi connectivity index (χ3v) is 5.28. The summed E-state index contributed by atoms with van der Waals surface area (Å²) in [5.41, 5.74) is 0. The highest BCUT2D eigenvalue weighted by Crippen LogP contribution is 2.40. The summed E-state index contributed by atoms with van der Waals surface area (Å²) in [7, 11) is 2.18. The Hall–Kier alpha value is -1.08. The van der Waals surface area contributed by atoms with Crippen molar-refractivity contribution in [1.82, 2.24) is 19.7 Å². The van der Waals surface area contributed by atoms with Crippen LogP contribution in [0.2, 0.25) is 0 Å². The summed E-state index contributed by atoms with van der Waals surface area (Å²) in [6, 6.07) is 0.511. The van der Waals surface area contributed by atoms with E-state index in [1.54, 1.807) is 0 Å². The van der Waals surface area contributed by atoms with E-state index in [2.05, 4.69) is 26.7 Å². The molecule has 0 bridgehead atoms. The zero-order valence-corrected chi connectivity index (χ0v) is 13.2. The number of carboxylic acids is 1. The number of hydrogen-bond donors (Lipinski definition) is 1. The molecule has 1 saturated carbocycles. The highest BCUT2D eigenvalue weighted by Gasteiger charge is 2.32. The van der Waals surface area contributed by atoms with Gasteiger partial charge in [0.1, 0.15) is 5.82 Å². The van der Waals surface area contributed by atoms with Crippen LogP contribution in [0, 0.1) is 0 Å². The number of hydrogen-bond acceptors (Lipinski definition) is 5. The lowest BCUT2D eigenvalue weighted by Crippen LogP contribution is -2.39. The fourth-order valence-corrected chi connectivity index (χ4v) is 3.61. The first-order valence-electron chi connectivity index (χ1n) is 7.63. The fourth-order valence-electron chi connectivity index (χ4n) is 2.93. The summed E-state index contributed by atoms with van der Waals surface area (Å²) in [6.45, 7) is 2.03. The van der Waals surface area contributed by atoms with Gasteiger partial charge in [-0.1, -0.05) is 18.2 Å². The molecular formula is C14H22N4O2S. The Morgan fingerprint density at radius 2 is 2.14 bits per heavy atom. The Balaban J connectivity index is 1.76. The Morgan fingerprint density at radius 3 is 2.81 bits per heavy atom. The van der Waals surface area contributed by atoms with Crippen LogP contribution in [0.5, 0.6) is 0 Å². The van der Waals surface area contributed by atoms with E-state index >= 15 is 0 Å². The van der Waals surface area contributed by atoms with Crippen LogP contribution in [0.15, 0.2) is 5.16 Å². The van der Waals surface area contributed by atoms with Crippen LogP contribution >= 0.6 is 11.8 Å². The van der Waals surface area contributed by atoms with Crippen LogP contribution in [-0.4, -0.2) is 56.1 Å². The van der Waals surface area contributed by atoms with Gasteiger partial charge in [0.05, 0.1) is 5.75 Å². The lowest BCUT2D eigenvalue weighted by atomic mass is 10.0. The number of carbonyl (C=O) groups is 1. The number of carboxylic acid groups (broad SMARTS) is 1. The SMILES string of the molecule is CN1CCCCC1Cn1c(SCC(=O)O)nnc1C1CC1. The number of aliphatic carboxylic acids is 1. The summed E-state index contributed by atoms with van der Waals surface area (Å²) in [5, 5.41) is 18.2. The third kappa shape index (κ3) is 3.58. The van der Waals surface area contributed by atoms with Crippen molar-refractivity contribution in [3.8, 4) is 0 Å². The number of thioether (sulfide) groups is 1. The van der Waals surface area contributed by atoms with Gasteiger partial charge >= 0.3 is 5.97 Å². The molecule has 7 heteroatoms. The lowest BCUT2D eigenvalue weighted by molar-refractivity contribution is -0.133. The molecule has 0 radical (unpaired) electrons. The first-order valence-corrected chi connectivity index (χ1v) is 8.61. The highest BCUT2D eigenvalue weighted by atomic mass is 32.2. The number of likely N-dealkylation sites (tertiary alicyclic amines) is 1. The van der Waals surface area contributed by atoms with Gasteiger partial charge in [-0.25, -0.2) is 0 Å². The number of piperidine rings is 1. The minimum absolute atomic E-state index is 0.0449. The van der Waals surface area contributed by atoms with E-state index in [0.717, 1.165) is 24.1 Å². The van der Waals surface area contributed by atoms with Gasteiger partial charge in [-0.2, -0.15) is 0 Å². The van der Waals surface area contributed by atoms with Gasteiger partial charge in [0.15, 0.2) is 5.16 Å². The maximum Gasteiger partial charge on any atom is 0.313 e. The molecule has 21 heavy (non-hydrogen) atoms. The van der Waals surface area contributed by atoms with Crippen molar-refractivity contribution < 1.29 is 9.90 Å². The molecule has 0 spiro atoms. The molecule has 1 saturated heterocycles. The van der Waals surface area contributed by atoms with Crippen molar-refractivity contribution in [2.45, 2.75) is 55.8 Å². The van der Waals surface area contributed by atoms with E-state index in [0.29, 0.717) is 12.0 Å². The van der Waals surface area contributed by atoms with E-state index < -0.39 is 5.97 Å². The topological polar surface area (TPSA) is 71.2 Å². The van der Waals surface area contributed by atoms with Crippen LogP contribution in [0.4, 0.5) is 0 Å². The Bertz CT molecular complexity index is 515. The summed E-state index contributed by atoms with van der Waals surface area (Å²) in [6.07, 6.45) is 6.10. The first kappa shape index (κ1) is 14.8. The molecule has 1 aliphatic heterocycles. The van der Waals surface area contributed by atoms with Crippen molar-refractivity contribution in [1.29, 1.82) is 0 Å². The van der Waals surface area contributed by atoms with Gasteiger partial charge in [-0.15, -0.1) is 10.2 Å². The second-order valence-electron chi connectivity index (χ2n) is 6.04. The van der Waals surface area contributed by atoms with E-state index in [-0.39, 0.29) is 5.75 Å². The zero-order chi connectivity index (χ0) is 14.8. The van der Waals surface area contributed by atoms with Crippen molar-refractivity contribution in [3.05, 3.63) is 5.82 Å². The molecule has 3 rings (SSSR count). The van der Waals surface area contributed by atoms with Gasteiger partial charge in [-0.05, 0) is 39.3 Å². The molecule has 1 unspecified atom stereocenters. The van der Waals surface area contributed by atoms with Gasteiger partial charge in [0.2, 0.25) is 0 Å². The van der Waals surface area contributed by atoms with Crippen molar-refractivity contribution >= 4 is 17.7 Å². The van der Waals surface area contributed by atoms with Crippen molar-refractivity contribution in [2.24, 2.45) is 0 Å². The number of aromatic nitrogens is 3. The smallest absolute Gasteiger partial charge is 0.313 e. The number of nitrogens with zero attached hydrogens (tertiary/aromatic N) is 4. The lowest BCUT2D eigenvalue weighted by Gasteiger charge is -2.33. The third-order valence-electron chi connectivity index (χ3n) is 4.33. The quantitative estimate of drug-likeness (QED) is 0.808. The van der Waals surface area contributed by atoms with E-state index in [9.17, 15) is 4.79 Å². The second kappa shape index (κ2) is 6.36. The van der Waals surface area contributed by atoms with Crippen LogP contribution < -0.4 is 0 Å². The van der Waals surface area contributed by atoms with Crippen LogP contribution in [0.25, 0.3) is 0 Å². The molecule has 116 valence electrons. The van der Waals surface area contributed by atoms with Gasteiger partial charge < -0.3 is 14.6 Å². The maximum absolute atomic E-state index is 10.8. The molecule has 1 aromatic rings. The van der Waals surface area contributed by atoms with Crippen LogP contribution in [-0.2, 0) is 11.3 Å². The summed E-state index contributed by atoms with van der Waals surface area (Å²) < 4.78 is 2.18. The molecule has 1 atom stereocenters. The molecule has 0 amide bonds. The molecule has 6 nitrogen and oxygen atoms in total. The Morgan fingerprint density at radius 1 is 1.33 bits per heavy atom. The highest BCUT2D eigenvalue weighted by molar-refractivity contribution is 7.99. The average molecular weight is 310 g/mol. The van der Waals surface area contributed by atoms with Gasteiger partial charge in [-0.3, -0.25) is 4.79 Å². The first-order chi connectivity index (χ1) is 10.1. The Labute approximate surface area is 128 Å². The van der Waals surface area contributed by atoms with Crippen molar-refractivity contribution in [2.75, 3.05) is 19.3 Å². The van der Waals surface area contributed by atoms with Crippen molar-refractivity contribution in [3.63, 3.8) is 0 Å². The minimum Gasteiger partial charge on any atom is -0.481 e. The summed E-state index contributed by atoms with van der Waals surface area (Å²) >= 11 is 1.28. The van der Waals surface area contributed by atoms with E-state index in [1.807, 2.05) is 0 Å². The van der Waals surface area contributed by atoms with Crippen LogP contribution in [0.1, 0.15) is 43.8 Å². The number of likely N-dealkylation sites (N-methyl/N-ethyl adjacent to an activating group) is 1. The molecule has 2 aliphatic rings. The average Bonchev–Trinajstić information content (AvgIpc) is 3.22. The summed E-state index contributed by atoms with van der Waals surface area (Å²) in [4.78, 5) is 13.2. The molecule has 0 aromatic carbocycles. The summed E-state index contributed by atoms with van der Waals surface area (Å²) in [5.74, 6) is 0.827. The molecule has 1 aliphatic carbocycles. The molecule has 1 N–H and O–H groups in total. The second-order valence-corrected chi connectivity index (χ2v) is 6.98. The van der Waals surface area contributed by atoms with E-state index in [4.69, 9.17) is 5.11 Å². The predicted molar refractivity (Wildman–Crippen MR) is 80.6 cm³/mol. The minimum atomic E-state index is -0.808. The normalized spacial score (nSPS) is 23.4. The molecule has 2 fully saturated rings. The molecule has 1 aromatic heterocycles. The standard InChI is InChI=1S/C14H22N4O2S/c1-17-7-3-2-4-11(17)8-18-13(10-5-6-10)15-16-14(18)21-9-12(19)20/h10-11H,2-9H2,1H3,(H,19,20). The zero-order valence-electron chi connectivity index (χ0n) is 12.4. The van der Waals surface area contributed by atoms with Gasteiger partial charge in [0.25, 0.3) is 0 Å². The van der Waals surface area contributed by atoms with Gasteiger partial charge in [0, 0.05) is 18.5 Å². The predicted octanol–water partition coefficient (Wildman–Crippen LogP) is 1.82. The molecule has 2 heterocycles. The fraction of sp³-hybridized carbons (Fsp3) is 0.786. The van der Waals surface area contributed by atoms with Crippen LogP contribution in [0.3, 0.4) is 0 Å². The monoisotopic (exact) mass is 310 g/mol. The maximum atomic E-state index is 10.8. The number of rotatable bonds is 6. The molecular weight excluding hydrogens is 288 g/mol. The Kier molecular flexibility index (Phi) is 4.49. The largest absolute Gasteiger partial charge is 0.481 e. The van der Waals surface area contributed by atoms with E-state index in [1.165, 1.54) is 43.9 Å².